The minimum Gasteiger partial charge on any atom is -0.509 e. The van der Waals surface area contributed by atoms with Gasteiger partial charge >= 0.3 is 18.0 Å². The van der Waals surface area contributed by atoms with Gasteiger partial charge in [-0.05, 0) is 34.6 Å². The third-order valence-corrected chi connectivity index (χ3v) is 6.01. The largest absolute Gasteiger partial charge is 0.509 e. The summed E-state index contributed by atoms with van der Waals surface area (Å²) < 4.78 is 15.7. The number of fused-ring (bicyclic) bond motifs is 3. The fraction of sp³-hybridized carbons (Fsp3) is 0.370. The van der Waals surface area contributed by atoms with Crippen molar-refractivity contribution in [2.45, 2.75) is 51.9 Å². The summed E-state index contributed by atoms with van der Waals surface area (Å²) in [4.78, 5) is 37.5. The lowest BCUT2D eigenvalue weighted by Gasteiger charge is -2.31. The van der Waals surface area contributed by atoms with Crippen LogP contribution in [0, 0.1) is 5.92 Å². The minimum absolute atomic E-state index is 0.0173. The zero-order valence-electron chi connectivity index (χ0n) is 20.2. The average molecular weight is 480 g/mol. The fourth-order valence-electron chi connectivity index (χ4n) is 4.53. The number of nitrogens with one attached hydrogen (secondary N) is 1. The maximum Gasteiger partial charge on any atom is 0.407 e. The topological polar surface area (TPSA) is 111 Å². The predicted octanol–water partition coefficient (Wildman–Crippen LogP) is 4.59. The van der Waals surface area contributed by atoms with Crippen LogP contribution in [0.2, 0.25) is 0 Å². The second kappa shape index (κ2) is 9.44. The van der Waals surface area contributed by atoms with Gasteiger partial charge in [0.2, 0.25) is 0 Å². The number of aliphatic hydroxyl groups excluding tert-OH is 1. The summed E-state index contributed by atoms with van der Waals surface area (Å²) in [6.07, 6.45) is -0.522. The van der Waals surface area contributed by atoms with E-state index in [9.17, 15) is 19.5 Å². The lowest BCUT2D eigenvalue weighted by molar-refractivity contribution is -0.222. The van der Waals surface area contributed by atoms with Gasteiger partial charge in [0.1, 0.15) is 12.4 Å². The van der Waals surface area contributed by atoms with E-state index in [2.05, 4.69) is 5.32 Å². The van der Waals surface area contributed by atoms with Gasteiger partial charge in [-0.2, -0.15) is 0 Å². The maximum atomic E-state index is 12.8. The first-order valence-corrected chi connectivity index (χ1v) is 11.6. The highest BCUT2D eigenvalue weighted by Gasteiger charge is 2.42. The van der Waals surface area contributed by atoms with E-state index in [1.165, 1.54) is 13.8 Å². The van der Waals surface area contributed by atoms with Crippen molar-refractivity contribution in [1.29, 1.82) is 0 Å². The van der Waals surface area contributed by atoms with E-state index in [0.29, 0.717) is 0 Å². The Morgan fingerprint density at radius 3 is 2.03 bits per heavy atom. The molecule has 2 aromatic rings. The molecule has 1 amide bonds. The molecule has 1 heterocycles. The van der Waals surface area contributed by atoms with Crippen LogP contribution in [-0.2, 0) is 23.8 Å². The summed E-state index contributed by atoms with van der Waals surface area (Å²) in [5.41, 5.74) is 3.72. The van der Waals surface area contributed by atoms with Gasteiger partial charge in [0.15, 0.2) is 5.57 Å². The van der Waals surface area contributed by atoms with Gasteiger partial charge in [-0.25, -0.2) is 14.4 Å². The summed E-state index contributed by atoms with van der Waals surface area (Å²) in [5, 5.41) is 13.4. The highest BCUT2D eigenvalue weighted by Crippen LogP contribution is 2.44. The van der Waals surface area contributed by atoms with Crippen LogP contribution in [0.3, 0.4) is 0 Å². The van der Waals surface area contributed by atoms with E-state index in [0.717, 1.165) is 22.3 Å². The summed E-state index contributed by atoms with van der Waals surface area (Å²) in [6.45, 7) is 6.67. The molecule has 2 aliphatic rings. The quantitative estimate of drug-likeness (QED) is 0.270. The van der Waals surface area contributed by atoms with Crippen molar-refractivity contribution in [3.05, 3.63) is 71.0 Å². The fourth-order valence-corrected chi connectivity index (χ4v) is 4.53. The number of benzene rings is 2. The first-order valence-electron chi connectivity index (χ1n) is 11.6. The number of carbonyl (C=O) groups excluding carboxylic acids is 3. The lowest BCUT2D eigenvalue weighted by atomic mass is 9.98. The average Bonchev–Trinajstić information content (AvgIpc) is 3.09. The van der Waals surface area contributed by atoms with Crippen molar-refractivity contribution < 1.29 is 33.7 Å². The Labute approximate surface area is 203 Å². The number of alkyl carbamates (subject to hydrolysis) is 1. The number of aliphatic hydroxyl groups is 1. The molecule has 8 heteroatoms. The first-order chi connectivity index (χ1) is 16.6. The van der Waals surface area contributed by atoms with Crippen LogP contribution in [-0.4, -0.2) is 41.6 Å². The minimum atomic E-state index is -1.44. The van der Waals surface area contributed by atoms with E-state index < -0.39 is 41.2 Å². The smallest absolute Gasteiger partial charge is 0.407 e. The highest BCUT2D eigenvalue weighted by atomic mass is 16.7. The van der Waals surface area contributed by atoms with Crippen LogP contribution in [0.5, 0.6) is 0 Å². The number of rotatable bonds is 6. The molecule has 2 N–H and O–H groups in total. The second-order valence-electron chi connectivity index (χ2n) is 9.59. The van der Waals surface area contributed by atoms with Crippen molar-refractivity contribution in [3.8, 4) is 11.1 Å². The summed E-state index contributed by atoms with van der Waals surface area (Å²) >= 11 is 0. The van der Waals surface area contributed by atoms with Crippen LogP contribution in [0.15, 0.2) is 59.9 Å². The standard InChI is InChI=1S/C27H29NO7/c1-15(2)13-21(23(29)22-24(30)34-27(3,4)35-25(22)31)28-26(32)33-14-20-18-11-7-5-9-16(18)17-10-6-8-12-19(17)20/h5-12,15,20-21,29H,13-14H2,1-4H3,(H,28,32)/t21-/m0/s1. The molecule has 0 aromatic heterocycles. The number of ether oxygens (including phenoxy) is 3. The van der Waals surface area contributed by atoms with Crippen molar-refractivity contribution in [1.82, 2.24) is 5.32 Å². The number of hydrogen-bond donors (Lipinski definition) is 2. The monoisotopic (exact) mass is 479 g/mol. The number of cyclic esters (lactones) is 2. The molecule has 1 aliphatic heterocycles. The van der Waals surface area contributed by atoms with Crippen molar-refractivity contribution in [2.24, 2.45) is 5.92 Å². The van der Waals surface area contributed by atoms with Gasteiger partial charge in [-0.1, -0.05) is 62.4 Å². The summed E-state index contributed by atoms with van der Waals surface area (Å²) in [6, 6.07) is 14.9. The maximum absolute atomic E-state index is 12.8. The Balaban J connectivity index is 1.50. The second-order valence-corrected chi connectivity index (χ2v) is 9.59. The molecule has 0 unspecified atom stereocenters. The van der Waals surface area contributed by atoms with Gasteiger partial charge in [0.05, 0.1) is 6.04 Å². The number of amides is 1. The molecule has 4 rings (SSSR count). The molecular weight excluding hydrogens is 450 g/mol. The third-order valence-electron chi connectivity index (χ3n) is 6.01. The Bertz CT molecular complexity index is 1130. The van der Waals surface area contributed by atoms with E-state index >= 15 is 0 Å². The number of hydrogen-bond acceptors (Lipinski definition) is 7. The SMILES string of the molecule is CC(C)C[C@H](NC(=O)OCC1c2ccccc2-c2ccccc21)C(O)=C1C(=O)OC(C)(C)OC1=O. The molecule has 0 spiro atoms. The number of esters is 2. The summed E-state index contributed by atoms with van der Waals surface area (Å²) in [5.74, 6) is -4.18. The van der Waals surface area contributed by atoms with Crippen LogP contribution in [0.4, 0.5) is 4.79 Å². The van der Waals surface area contributed by atoms with Crippen LogP contribution >= 0.6 is 0 Å². The Kier molecular flexibility index (Phi) is 6.56. The molecule has 8 nitrogen and oxygen atoms in total. The third kappa shape index (κ3) is 5.01. The zero-order valence-corrected chi connectivity index (χ0v) is 20.2. The molecule has 35 heavy (non-hydrogen) atoms. The first kappa shape index (κ1) is 24.3. The molecule has 1 saturated heterocycles. The molecule has 1 atom stereocenters. The molecule has 1 fully saturated rings. The molecule has 1 aliphatic carbocycles. The van der Waals surface area contributed by atoms with Gasteiger partial charge in [0.25, 0.3) is 5.79 Å². The van der Waals surface area contributed by atoms with Crippen LogP contribution in [0.25, 0.3) is 11.1 Å². The molecule has 0 bridgehead atoms. The van der Waals surface area contributed by atoms with Crippen LogP contribution in [0.1, 0.15) is 51.2 Å². The van der Waals surface area contributed by atoms with Gasteiger partial charge < -0.3 is 24.6 Å². The molecule has 0 saturated carbocycles. The van der Waals surface area contributed by atoms with Crippen molar-refractivity contribution in [3.63, 3.8) is 0 Å². The molecular formula is C27H29NO7. The van der Waals surface area contributed by atoms with Crippen LogP contribution < -0.4 is 5.32 Å². The highest BCUT2D eigenvalue weighted by molar-refractivity contribution is 6.15. The predicted molar refractivity (Wildman–Crippen MR) is 127 cm³/mol. The number of carbonyl (C=O) groups is 3. The molecule has 2 aromatic carbocycles. The Hall–Kier alpha value is -3.81. The van der Waals surface area contributed by atoms with E-state index in [1.54, 1.807) is 0 Å². The normalized spacial score (nSPS) is 17.2. The lowest BCUT2D eigenvalue weighted by Crippen LogP contribution is -2.45. The Morgan fingerprint density at radius 1 is 1.00 bits per heavy atom. The zero-order chi connectivity index (χ0) is 25.3. The van der Waals surface area contributed by atoms with E-state index in [-0.39, 0.29) is 24.9 Å². The van der Waals surface area contributed by atoms with Gasteiger partial charge in [-0.15, -0.1) is 0 Å². The van der Waals surface area contributed by atoms with Crippen molar-refractivity contribution in [2.75, 3.05) is 6.61 Å². The molecule has 184 valence electrons. The summed E-state index contributed by atoms with van der Waals surface area (Å²) in [7, 11) is 0. The van der Waals surface area contributed by atoms with E-state index in [1.807, 2.05) is 62.4 Å². The van der Waals surface area contributed by atoms with Gasteiger partial charge in [-0.3, -0.25) is 0 Å². The van der Waals surface area contributed by atoms with Gasteiger partial charge in [0, 0.05) is 19.8 Å². The Morgan fingerprint density at radius 2 is 1.51 bits per heavy atom. The van der Waals surface area contributed by atoms with Crippen molar-refractivity contribution >= 4 is 18.0 Å². The molecule has 0 radical (unpaired) electrons. The van der Waals surface area contributed by atoms with E-state index in [4.69, 9.17) is 14.2 Å².